The maximum absolute atomic E-state index is 13.6. The zero-order valence-electron chi connectivity index (χ0n) is 16.4. The first-order chi connectivity index (χ1) is 14.7. The summed E-state index contributed by atoms with van der Waals surface area (Å²) in [6, 6.07) is 24.1. The van der Waals surface area contributed by atoms with Gasteiger partial charge in [0, 0.05) is 29.1 Å². The first kappa shape index (κ1) is 19.2. The monoisotopic (exact) mass is 393 g/mol. The molecule has 0 atom stereocenters. The molecule has 4 aromatic rings. The van der Waals surface area contributed by atoms with Crippen LogP contribution in [-0.2, 0) is 0 Å². The molecule has 0 saturated carbocycles. The van der Waals surface area contributed by atoms with E-state index >= 15 is 0 Å². The molecular formula is C25H19N3O2. The third kappa shape index (κ3) is 3.59. The van der Waals surface area contributed by atoms with Crippen molar-refractivity contribution in [1.29, 1.82) is 5.26 Å². The minimum absolute atomic E-state index is 0.232. The lowest BCUT2D eigenvalue weighted by molar-refractivity contribution is 0.339. The van der Waals surface area contributed by atoms with Crippen molar-refractivity contribution in [2.24, 2.45) is 0 Å². The van der Waals surface area contributed by atoms with E-state index in [1.807, 2.05) is 55.5 Å². The van der Waals surface area contributed by atoms with E-state index in [1.165, 1.54) is 0 Å². The van der Waals surface area contributed by atoms with Crippen LogP contribution in [0.2, 0.25) is 0 Å². The number of nitriles is 1. The van der Waals surface area contributed by atoms with E-state index in [-0.39, 0.29) is 5.56 Å². The molecule has 0 saturated heterocycles. The van der Waals surface area contributed by atoms with E-state index < -0.39 is 0 Å². The predicted molar refractivity (Wildman–Crippen MR) is 117 cm³/mol. The summed E-state index contributed by atoms with van der Waals surface area (Å²) in [6.45, 7) is 2.38. The molecule has 4 rings (SSSR count). The van der Waals surface area contributed by atoms with E-state index in [0.717, 1.165) is 11.3 Å². The molecule has 0 aliphatic rings. The van der Waals surface area contributed by atoms with Crippen LogP contribution < -0.4 is 10.3 Å². The second kappa shape index (κ2) is 8.46. The summed E-state index contributed by atoms with van der Waals surface area (Å²) in [6.07, 6.45) is 3.48. The number of hydrogen-bond donors (Lipinski definition) is 0. The number of nitrogens with zero attached hydrogens (tertiary/aromatic N) is 3. The minimum atomic E-state index is -0.232. The van der Waals surface area contributed by atoms with Crippen molar-refractivity contribution in [2.75, 3.05) is 6.61 Å². The van der Waals surface area contributed by atoms with Gasteiger partial charge in [-0.05, 0) is 43.3 Å². The zero-order chi connectivity index (χ0) is 20.9. The Kier molecular flexibility index (Phi) is 5.40. The van der Waals surface area contributed by atoms with Gasteiger partial charge < -0.3 is 4.74 Å². The Hall–Kier alpha value is -4.17. The van der Waals surface area contributed by atoms with Gasteiger partial charge in [-0.1, -0.05) is 36.4 Å². The highest BCUT2D eigenvalue weighted by Gasteiger charge is 2.16. The Morgan fingerprint density at radius 2 is 1.77 bits per heavy atom. The molecule has 2 heterocycles. The van der Waals surface area contributed by atoms with Gasteiger partial charge in [0.05, 0.1) is 29.6 Å². The normalized spacial score (nSPS) is 10.4. The second-order valence-electron chi connectivity index (χ2n) is 6.59. The van der Waals surface area contributed by atoms with E-state index in [2.05, 4.69) is 11.1 Å². The number of aromatic nitrogens is 2. The second-order valence-corrected chi connectivity index (χ2v) is 6.59. The predicted octanol–water partition coefficient (Wildman–Crippen LogP) is 4.84. The van der Waals surface area contributed by atoms with Gasteiger partial charge in [-0.15, -0.1) is 0 Å². The Morgan fingerprint density at radius 3 is 2.53 bits per heavy atom. The van der Waals surface area contributed by atoms with Crippen molar-refractivity contribution in [3.05, 3.63) is 101 Å². The van der Waals surface area contributed by atoms with Crippen LogP contribution >= 0.6 is 0 Å². The molecule has 0 fully saturated rings. The van der Waals surface area contributed by atoms with Crippen LogP contribution in [0.1, 0.15) is 12.5 Å². The molecule has 2 aromatic carbocycles. The summed E-state index contributed by atoms with van der Waals surface area (Å²) in [7, 11) is 0. The van der Waals surface area contributed by atoms with Crippen LogP contribution in [0.25, 0.3) is 28.1 Å². The summed E-state index contributed by atoms with van der Waals surface area (Å²) >= 11 is 0. The van der Waals surface area contributed by atoms with E-state index in [0.29, 0.717) is 34.7 Å². The van der Waals surface area contributed by atoms with Crippen LogP contribution in [0.3, 0.4) is 0 Å². The van der Waals surface area contributed by atoms with Crippen LogP contribution in [0.4, 0.5) is 0 Å². The molecule has 0 unspecified atom stereocenters. The van der Waals surface area contributed by atoms with Crippen molar-refractivity contribution in [1.82, 2.24) is 9.55 Å². The molecule has 5 heteroatoms. The van der Waals surface area contributed by atoms with Crippen molar-refractivity contribution in [3.63, 3.8) is 0 Å². The lowest BCUT2D eigenvalue weighted by atomic mass is 9.99. The van der Waals surface area contributed by atoms with E-state index in [1.54, 1.807) is 41.2 Å². The highest BCUT2D eigenvalue weighted by atomic mass is 16.5. The van der Waals surface area contributed by atoms with Gasteiger partial charge in [0.2, 0.25) is 0 Å². The quantitative estimate of drug-likeness (QED) is 0.487. The number of hydrogen-bond acceptors (Lipinski definition) is 4. The Bertz CT molecular complexity index is 1290. The van der Waals surface area contributed by atoms with Crippen LogP contribution in [0.5, 0.6) is 5.75 Å². The third-order valence-corrected chi connectivity index (χ3v) is 4.74. The van der Waals surface area contributed by atoms with Crippen LogP contribution in [0, 0.1) is 11.3 Å². The van der Waals surface area contributed by atoms with Crippen LogP contribution in [-0.4, -0.2) is 16.2 Å². The van der Waals surface area contributed by atoms with Crippen molar-refractivity contribution < 1.29 is 4.74 Å². The highest BCUT2D eigenvalue weighted by molar-refractivity contribution is 5.75. The number of rotatable bonds is 5. The lowest BCUT2D eigenvalue weighted by Gasteiger charge is -2.15. The summed E-state index contributed by atoms with van der Waals surface area (Å²) in [5.41, 5.74) is 3.37. The molecule has 5 nitrogen and oxygen atoms in total. The Morgan fingerprint density at radius 1 is 1.00 bits per heavy atom. The number of para-hydroxylation sites is 2. The molecule has 30 heavy (non-hydrogen) atoms. The minimum Gasteiger partial charge on any atom is -0.492 e. The summed E-state index contributed by atoms with van der Waals surface area (Å²) in [4.78, 5) is 18.0. The maximum atomic E-state index is 13.6. The first-order valence-electron chi connectivity index (χ1n) is 9.62. The van der Waals surface area contributed by atoms with Crippen molar-refractivity contribution in [3.8, 4) is 39.9 Å². The number of ether oxygens (including phenoxy) is 1. The SMILES string of the molecule is CCOc1ccccc1-n1cc(-c2ccccn2)cc(-c2ccccc2C#N)c1=O. The molecule has 0 aliphatic carbocycles. The number of benzene rings is 2. The average molecular weight is 393 g/mol. The van der Waals surface area contributed by atoms with Gasteiger partial charge >= 0.3 is 0 Å². The van der Waals surface area contributed by atoms with Gasteiger partial charge in [0.1, 0.15) is 5.75 Å². The van der Waals surface area contributed by atoms with Gasteiger partial charge in [-0.3, -0.25) is 14.3 Å². The molecule has 2 aromatic heterocycles. The van der Waals surface area contributed by atoms with Gasteiger partial charge in [-0.2, -0.15) is 5.26 Å². The van der Waals surface area contributed by atoms with Gasteiger partial charge in [-0.25, -0.2) is 0 Å². The van der Waals surface area contributed by atoms with Gasteiger partial charge in [0.15, 0.2) is 0 Å². The topological polar surface area (TPSA) is 67.9 Å². The van der Waals surface area contributed by atoms with Gasteiger partial charge in [0.25, 0.3) is 5.56 Å². The standard InChI is InChI=1S/C25H19N3O2/c1-2-30-24-13-6-5-12-23(24)28-17-19(22-11-7-8-14-27-22)15-21(25(28)29)20-10-4-3-9-18(20)16-26/h3-15,17H,2H2,1H3. The Balaban J connectivity index is 2.05. The number of pyridine rings is 2. The Labute approximate surface area is 174 Å². The molecule has 0 aliphatic heterocycles. The van der Waals surface area contributed by atoms with Crippen molar-refractivity contribution in [2.45, 2.75) is 6.92 Å². The fourth-order valence-corrected chi connectivity index (χ4v) is 3.38. The first-order valence-corrected chi connectivity index (χ1v) is 9.62. The van der Waals surface area contributed by atoms with Crippen LogP contribution in [0.15, 0.2) is 90.0 Å². The van der Waals surface area contributed by atoms with E-state index in [9.17, 15) is 10.1 Å². The summed E-state index contributed by atoms with van der Waals surface area (Å²) in [5.74, 6) is 0.611. The molecule has 0 N–H and O–H groups in total. The molecule has 0 amide bonds. The molecule has 0 radical (unpaired) electrons. The maximum Gasteiger partial charge on any atom is 0.263 e. The summed E-state index contributed by atoms with van der Waals surface area (Å²) in [5, 5.41) is 9.57. The fourth-order valence-electron chi connectivity index (χ4n) is 3.38. The van der Waals surface area contributed by atoms with E-state index in [4.69, 9.17) is 4.74 Å². The molecule has 146 valence electrons. The zero-order valence-corrected chi connectivity index (χ0v) is 16.4. The molecule has 0 bridgehead atoms. The van der Waals surface area contributed by atoms with Crippen molar-refractivity contribution >= 4 is 0 Å². The highest BCUT2D eigenvalue weighted by Crippen LogP contribution is 2.28. The fraction of sp³-hybridized carbons (Fsp3) is 0.0800. The third-order valence-electron chi connectivity index (χ3n) is 4.74. The largest absolute Gasteiger partial charge is 0.492 e. The smallest absolute Gasteiger partial charge is 0.263 e. The summed E-state index contributed by atoms with van der Waals surface area (Å²) < 4.78 is 7.32. The molecular weight excluding hydrogens is 374 g/mol. The molecule has 0 spiro atoms. The average Bonchev–Trinajstić information content (AvgIpc) is 2.80. The lowest BCUT2D eigenvalue weighted by Crippen LogP contribution is -2.21.